The molecule has 1 aromatic carbocycles. The van der Waals surface area contributed by atoms with Crippen LogP contribution in [-0.2, 0) is 11.2 Å². The van der Waals surface area contributed by atoms with E-state index in [0.717, 1.165) is 31.4 Å². The number of aliphatic carboxylic acids is 1. The number of nitrogens with one attached hydrogen (secondary N) is 1. The van der Waals surface area contributed by atoms with E-state index in [2.05, 4.69) is 18.3 Å². The van der Waals surface area contributed by atoms with Gasteiger partial charge in [0, 0.05) is 12.2 Å². The molecule has 17 heavy (non-hydrogen) atoms. The predicted molar refractivity (Wildman–Crippen MR) is 68.2 cm³/mol. The monoisotopic (exact) mass is 233 g/mol. The van der Waals surface area contributed by atoms with Crippen molar-refractivity contribution in [2.24, 2.45) is 5.41 Å². The molecule has 1 fully saturated rings. The summed E-state index contributed by atoms with van der Waals surface area (Å²) in [5, 5.41) is 12.6. The van der Waals surface area contributed by atoms with Gasteiger partial charge in [0.1, 0.15) is 0 Å². The Labute approximate surface area is 102 Å². The van der Waals surface area contributed by atoms with Gasteiger partial charge >= 0.3 is 5.97 Å². The Morgan fingerprint density at radius 2 is 2.12 bits per heavy atom. The molecule has 2 N–H and O–H groups in total. The van der Waals surface area contributed by atoms with Gasteiger partial charge in [-0.05, 0) is 30.9 Å². The molecule has 1 aliphatic rings. The summed E-state index contributed by atoms with van der Waals surface area (Å²) in [6, 6.07) is 8.10. The van der Waals surface area contributed by atoms with Crippen molar-refractivity contribution in [1.29, 1.82) is 0 Å². The summed E-state index contributed by atoms with van der Waals surface area (Å²) >= 11 is 0. The van der Waals surface area contributed by atoms with Crippen LogP contribution in [0.1, 0.15) is 31.7 Å². The molecule has 0 amide bonds. The number of rotatable bonds is 5. The number of aryl methyl sites for hydroxylation is 1. The van der Waals surface area contributed by atoms with Crippen LogP contribution in [0.3, 0.4) is 0 Å². The standard InChI is InChI=1S/C14H19NO2/c1-2-11-6-3-4-7-12(11)15-10-14(13(16)17)8-5-9-14/h3-4,6-7,15H,2,5,8-10H2,1H3,(H,16,17). The molecule has 2 rings (SSSR count). The second-order valence-electron chi connectivity index (χ2n) is 4.80. The van der Waals surface area contributed by atoms with Crippen LogP contribution in [0.5, 0.6) is 0 Å². The van der Waals surface area contributed by atoms with Crippen LogP contribution in [0, 0.1) is 5.41 Å². The third-order valence-corrected chi connectivity index (χ3v) is 3.78. The number of anilines is 1. The van der Waals surface area contributed by atoms with Gasteiger partial charge in [0.05, 0.1) is 5.41 Å². The minimum atomic E-state index is -0.662. The average molecular weight is 233 g/mol. The fraction of sp³-hybridized carbons (Fsp3) is 0.500. The lowest BCUT2D eigenvalue weighted by Gasteiger charge is -2.38. The topological polar surface area (TPSA) is 49.3 Å². The number of benzene rings is 1. The van der Waals surface area contributed by atoms with Crippen LogP contribution in [0.4, 0.5) is 5.69 Å². The van der Waals surface area contributed by atoms with Crippen molar-refractivity contribution in [3.63, 3.8) is 0 Å². The molecule has 0 aliphatic heterocycles. The number of carboxylic acids is 1. The molecule has 0 unspecified atom stereocenters. The summed E-state index contributed by atoms with van der Waals surface area (Å²) < 4.78 is 0. The number of hydrogen-bond acceptors (Lipinski definition) is 2. The van der Waals surface area contributed by atoms with Gasteiger partial charge in [-0.25, -0.2) is 0 Å². The molecule has 3 nitrogen and oxygen atoms in total. The van der Waals surface area contributed by atoms with Gasteiger partial charge in [0.2, 0.25) is 0 Å². The van der Waals surface area contributed by atoms with Crippen molar-refractivity contribution in [3.05, 3.63) is 29.8 Å². The summed E-state index contributed by atoms with van der Waals surface area (Å²) in [4.78, 5) is 11.2. The molecule has 1 aliphatic carbocycles. The van der Waals surface area contributed by atoms with E-state index in [-0.39, 0.29) is 0 Å². The molecule has 0 heterocycles. The van der Waals surface area contributed by atoms with Crippen molar-refractivity contribution >= 4 is 11.7 Å². The molecule has 3 heteroatoms. The molecule has 0 radical (unpaired) electrons. The Bertz CT molecular complexity index is 410. The lowest BCUT2D eigenvalue weighted by atomic mass is 9.68. The number of carbonyl (C=O) groups is 1. The molecule has 0 saturated heterocycles. The van der Waals surface area contributed by atoms with E-state index >= 15 is 0 Å². The molecule has 92 valence electrons. The third-order valence-electron chi connectivity index (χ3n) is 3.78. The van der Waals surface area contributed by atoms with E-state index in [1.54, 1.807) is 0 Å². The maximum Gasteiger partial charge on any atom is 0.311 e. The van der Waals surface area contributed by atoms with Gasteiger partial charge in [0.15, 0.2) is 0 Å². The molecular formula is C14H19NO2. The number of para-hydroxylation sites is 1. The van der Waals surface area contributed by atoms with Crippen LogP contribution in [0.25, 0.3) is 0 Å². The lowest BCUT2D eigenvalue weighted by Crippen LogP contribution is -2.43. The molecule has 0 spiro atoms. The highest BCUT2D eigenvalue weighted by Gasteiger charge is 2.44. The Morgan fingerprint density at radius 1 is 1.41 bits per heavy atom. The predicted octanol–water partition coefficient (Wildman–Crippen LogP) is 2.92. The van der Waals surface area contributed by atoms with Gasteiger partial charge < -0.3 is 10.4 Å². The molecule has 0 bridgehead atoms. The molecule has 0 atom stereocenters. The second-order valence-corrected chi connectivity index (χ2v) is 4.80. The Balaban J connectivity index is 2.04. The molecular weight excluding hydrogens is 214 g/mol. The van der Waals surface area contributed by atoms with Crippen molar-refractivity contribution in [2.45, 2.75) is 32.6 Å². The Morgan fingerprint density at radius 3 is 2.65 bits per heavy atom. The fourth-order valence-corrected chi connectivity index (χ4v) is 2.34. The first-order valence-electron chi connectivity index (χ1n) is 6.23. The first-order valence-corrected chi connectivity index (χ1v) is 6.23. The van der Waals surface area contributed by atoms with E-state index in [4.69, 9.17) is 0 Å². The summed E-state index contributed by atoms with van der Waals surface area (Å²) in [5.41, 5.74) is 1.79. The Kier molecular flexibility index (Phi) is 3.36. The SMILES string of the molecule is CCc1ccccc1NCC1(C(=O)O)CCC1. The first kappa shape index (κ1) is 12.0. The maximum absolute atomic E-state index is 11.2. The van der Waals surface area contributed by atoms with Gasteiger partial charge in [-0.2, -0.15) is 0 Å². The maximum atomic E-state index is 11.2. The number of carboxylic acid groups (broad SMARTS) is 1. The smallest absolute Gasteiger partial charge is 0.311 e. The van der Waals surface area contributed by atoms with Crippen LogP contribution >= 0.6 is 0 Å². The Hall–Kier alpha value is -1.51. The molecule has 1 saturated carbocycles. The summed E-state index contributed by atoms with van der Waals surface area (Å²) in [6.07, 6.45) is 3.58. The van der Waals surface area contributed by atoms with E-state index in [9.17, 15) is 9.90 Å². The molecule has 0 aromatic heterocycles. The number of hydrogen-bond donors (Lipinski definition) is 2. The summed E-state index contributed by atoms with van der Waals surface area (Å²) in [6.45, 7) is 2.65. The van der Waals surface area contributed by atoms with Crippen LogP contribution in [-0.4, -0.2) is 17.6 Å². The summed E-state index contributed by atoms with van der Waals surface area (Å²) in [7, 11) is 0. The quantitative estimate of drug-likeness (QED) is 0.822. The van der Waals surface area contributed by atoms with Crippen LogP contribution in [0.2, 0.25) is 0 Å². The minimum absolute atomic E-state index is 0.527. The third kappa shape index (κ3) is 2.28. The van der Waals surface area contributed by atoms with E-state index in [1.807, 2.05) is 18.2 Å². The zero-order chi connectivity index (χ0) is 12.3. The minimum Gasteiger partial charge on any atom is -0.481 e. The fourth-order valence-electron chi connectivity index (χ4n) is 2.34. The molecule has 1 aromatic rings. The first-order chi connectivity index (χ1) is 8.18. The van der Waals surface area contributed by atoms with E-state index in [1.165, 1.54) is 5.56 Å². The highest BCUT2D eigenvalue weighted by molar-refractivity contribution is 5.76. The largest absolute Gasteiger partial charge is 0.481 e. The van der Waals surface area contributed by atoms with E-state index in [0.29, 0.717) is 6.54 Å². The van der Waals surface area contributed by atoms with Crippen molar-refractivity contribution < 1.29 is 9.90 Å². The average Bonchev–Trinajstić information content (AvgIpc) is 2.27. The van der Waals surface area contributed by atoms with Crippen molar-refractivity contribution in [2.75, 3.05) is 11.9 Å². The van der Waals surface area contributed by atoms with Crippen LogP contribution < -0.4 is 5.32 Å². The lowest BCUT2D eigenvalue weighted by molar-refractivity contribution is -0.153. The van der Waals surface area contributed by atoms with Crippen molar-refractivity contribution in [1.82, 2.24) is 0 Å². The van der Waals surface area contributed by atoms with Crippen LogP contribution in [0.15, 0.2) is 24.3 Å². The zero-order valence-corrected chi connectivity index (χ0v) is 10.2. The highest BCUT2D eigenvalue weighted by Crippen LogP contribution is 2.41. The van der Waals surface area contributed by atoms with Gasteiger partial charge in [-0.15, -0.1) is 0 Å². The van der Waals surface area contributed by atoms with Crippen molar-refractivity contribution in [3.8, 4) is 0 Å². The van der Waals surface area contributed by atoms with Gasteiger partial charge in [0.25, 0.3) is 0 Å². The normalized spacial score (nSPS) is 17.2. The second kappa shape index (κ2) is 4.78. The zero-order valence-electron chi connectivity index (χ0n) is 10.2. The summed E-state index contributed by atoms with van der Waals surface area (Å²) in [5.74, 6) is -0.662. The van der Waals surface area contributed by atoms with Gasteiger partial charge in [-0.3, -0.25) is 4.79 Å². The van der Waals surface area contributed by atoms with Gasteiger partial charge in [-0.1, -0.05) is 31.5 Å². The van der Waals surface area contributed by atoms with E-state index < -0.39 is 11.4 Å². The highest BCUT2D eigenvalue weighted by atomic mass is 16.4.